The maximum absolute atomic E-state index is 13.1. The molecule has 0 radical (unpaired) electrons. The number of carboxylic acid groups (broad SMARTS) is 1. The van der Waals surface area contributed by atoms with E-state index in [0.717, 1.165) is 36.3 Å². The van der Waals surface area contributed by atoms with Crippen LogP contribution in [-0.4, -0.2) is 37.9 Å². The molecule has 6 nitrogen and oxygen atoms in total. The van der Waals surface area contributed by atoms with Crippen LogP contribution in [0.5, 0.6) is 0 Å². The van der Waals surface area contributed by atoms with Crippen LogP contribution >= 0.6 is 0 Å². The van der Waals surface area contributed by atoms with Crippen LogP contribution in [0.4, 0.5) is 0 Å². The summed E-state index contributed by atoms with van der Waals surface area (Å²) in [6.07, 6.45) is 4.44. The number of nitrogens with zero attached hydrogens (tertiary/aromatic N) is 3. The van der Waals surface area contributed by atoms with Crippen LogP contribution in [0.3, 0.4) is 0 Å². The maximum atomic E-state index is 13.1. The SMILES string of the molecule is CC(C)c1ncc2c(n1)CC1CCC2N1C(=O)c1cccc(C(=O)O)c1. The molecule has 6 heteroatoms. The van der Waals surface area contributed by atoms with Crippen molar-refractivity contribution in [1.29, 1.82) is 0 Å². The van der Waals surface area contributed by atoms with E-state index in [-0.39, 0.29) is 29.5 Å². The van der Waals surface area contributed by atoms with Crippen molar-refractivity contribution in [2.75, 3.05) is 0 Å². The van der Waals surface area contributed by atoms with Crippen LogP contribution in [-0.2, 0) is 6.42 Å². The van der Waals surface area contributed by atoms with Gasteiger partial charge >= 0.3 is 5.97 Å². The number of rotatable bonds is 3. The van der Waals surface area contributed by atoms with Gasteiger partial charge in [-0.1, -0.05) is 19.9 Å². The van der Waals surface area contributed by atoms with Gasteiger partial charge in [0.25, 0.3) is 5.91 Å². The summed E-state index contributed by atoms with van der Waals surface area (Å²) >= 11 is 0. The summed E-state index contributed by atoms with van der Waals surface area (Å²) in [4.78, 5) is 35.4. The summed E-state index contributed by atoms with van der Waals surface area (Å²) in [6, 6.07) is 6.35. The molecule has 2 aliphatic rings. The molecule has 1 amide bonds. The van der Waals surface area contributed by atoms with Gasteiger partial charge in [-0.2, -0.15) is 0 Å². The summed E-state index contributed by atoms with van der Waals surface area (Å²) in [5.41, 5.74) is 2.64. The Hall–Kier alpha value is -2.76. The molecule has 0 spiro atoms. The van der Waals surface area contributed by atoms with Crippen molar-refractivity contribution < 1.29 is 14.7 Å². The summed E-state index contributed by atoms with van der Waals surface area (Å²) in [6.45, 7) is 4.15. The van der Waals surface area contributed by atoms with E-state index in [2.05, 4.69) is 18.8 Å². The zero-order valence-corrected chi connectivity index (χ0v) is 14.8. The number of carbonyl (C=O) groups is 2. The van der Waals surface area contributed by atoms with Crippen molar-refractivity contribution >= 4 is 11.9 Å². The second-order valence-electron chi connectivity index (χ2n) is 7.33. The highest BCUT2D eigenvalue weighted by atomic mass is 16.4. The Morgan fingerprint density at radius 1 is 1.23 bits per heavy atom. The molecule has 26 heavy (non-hydrogen) atoms. The van der Waals surface area contributed by atoms with Gasteiger partial charge < -0.3 is 10.0 Å². The highest BCUT2D eigenvalue weighted by Gasteiger charge is 2.43. The molecule has 2 bridgehead atoms. The lowest BCUT2D eigenvalue weighted by Crippen LogP contribution is -2.42. The second kappa shape index (κ2) is 6.20. The highest BCUT2D eigenvalue weighted by molar-refractivity contribution is 5.98. The summed E-state index contributed by atoms with van der Waals surface area (Å²) in [5.74, 6) is -0.0196. The number of aromatic carboxylic acids is 1. The molecule has 1 saturated heterocycles. The third-order valence-corrected chi connectivity index (χ3v) is 5.32. The predicted molar refractivity (Wildman–Crippen MR) is 95.2 cm³/mol. The topological polar surface area (TPSA) is 83.4 Å². The van der Waals surface area contributed by atoms with Gasteiger partial charge in [0.15, 0.2) is 0 Å². The van der Waals surface area contributed by atoms with Gasteiger partial charge in [-0.15, -0.1) is 0 Å². The highest BCUT2D eigenvalue weighted by Crippen LogP contribution is 2.43. The molecular weight excluding hydrogens is 330 g/mol. The number of aromatic nitrogens is 2. The third kappa shape index (κ3) is 2.66. The Morgan fingerprint density at radius 3 is 2.73 bits per heavy atom. The number of fused-ring (bicyclic) bond motifs is 4. The lowest BCUT2D eigenvalue weighted by Gasteiger charge is -2.36. The summed E-state index contributed by atoms with van der Waals surface area (Å²) in [5, 5.41) is 9.18. The first-order chi connectivity index (χ1) is 12.5. The van der Waals surface area contributed by atoms with Crippen LogP contribution in [0.25, 0.3) is 0 Å². The van der Waals surface area contributed by atoms with Gasteiger partial charge in [0.2, 0.25) is 0 Å². The minimum atomic E-state index is -1.03. The standard InChI is InChI=1S/C20H21N3O3/c1-11(2)18-21-10-15-16(22-18)9-14-6-7-17(15)23(14)19(24)12-4-3-5-13(8-12)20(25)26/h3-5,8,10-11,14,17H,6-7,9H2,1-2H3,(H,25,26). The number of hydrogen-bond donors (Lipinski definition) is 1. The van der Waals surface area contributed by atoms with E-state index >= 15 is 0 Å². The van der Waals surface area contributed by atoms with Gasteiger partial charge in [-0.05, 0) is 31.0 Å². The van der Waals surface area contributed by atoms with E-state index in [9.17, 15) is 14.7 Å². The van der Waals surface area contributed by atoms with Crippen molar-refractivity contribution in [3.05, 3.63) is 58.7 Å². The zero-order chi connectivity index (χ0) is 18.4. The fourth-order valence-electron chi connectivity index (χ4n) is 4.02. The molecule has 4 rings (SSSR count). The predicted octanol–water partition coefficient (Wildman–Crippen LogP) is 3.20. The van der Waals surface area contributed by atoms with Crippen molar-refractivity contribution in [3.63, 3.8) is 0 Å². The van der Waals surface area contributed by atoms with Crippen LogP contribution in [0.15, 0.2) is 30.5 Å². The van der Waals surface area contributed by atoms with Crippen LogP contribution in [0.2, 0.25) is 0 Å². The lowest BCUT2D eigenvalue weighted by molar-refractivity contribution is 0.0643. The Morgan fingerprint density at radius 2 is 2.00 bits per heavy atom. The molecule has 2 unspecified atom stereocenters. The van der Waals surface area contributed by atoms with Gasteiger partial charge in [-0.25, -0.2) is 14.8 Å². The first-order valence-electron chi connectivity index (χ1n) is 8.97. The number of hydrogen-bond acceptors (Lipinski definition) is 4. The maximum Gasteiger partial charge on any atom is 0.335 e. The fraction of sp³-hybridized carbons (Fsp3) is 0.400. The molecular formula is C20H21N3O3. The van der Waals surface area contributed by atoms with Crippen molar-refractivity contribution in [2.24, 2.45) is 0 Å². The van der Waals surface area contributed by atoms with Gasteiger partial charge in [0, 0.05) is 35.7 Å². The first kappa shape index (κ1) is 16.7. The van der Waals surface area contributed by atoms with E-state index in [1.165, 1.54) is 12.1 Å². The van der Waals surface area contributed by atoms with Crippen LogP contribution in [0.1, 0.15) is 76.4 Å². The average Bonchev–Trinajstić information content (AvgIpc) is 2.95. The van der Waals surface area contributed by atoms with E-state index in [1.807, 2.05) is 11.1 Å². The van der Waals surface area contributed by atoms with E-state index in [4.69, 9.17) is 4.98 Å². The molecule has 134 valence electrons. The zero-order valence-electron chi connectivity index (χ0n) is 14.8. The number of amides is 1. The molecule has 1 N–H and O–H groups in total. The molecule has 2 atom stereocenters. The molecule has 0 aliphatic carbocycles. The Balaban J connectivity index is 1.68. The van der Waals surface area contributed by atoms with Crippen molar-refractivity contribution in [1.82, 2.24) is 14.9 Å². The minimum absolute atomic E-state index is 0.0223. The largest absolute Gasteiger partial charge is 0.478 e. The Kier molecular flexibility index (Phi) is 3.98. The number of carboxylic acids is 1. The molecule has 2 aliphatic heterocycles. The fourth-order valence-corrected chi connectivity index (χ4v) is 4.02. The molecule has 0 saturated carbocycles. The second-order valence-corrected chi connectivity index (χ2v) is 7.33. The molecule has 3 heterocycles. The average molecular weight is 351 g/mol. The smallest absolute Gasteiger partial charge is 0.335 e. The van der Waals surface area contributed by atoms with Crippen molar-refractivity contribution in [3.8, 4) is 0 Å². The normalized spacial score (nSPS) is 21.0. The first-order valence-corrected chi connectivity index (χ1v) is 8.97. The molecule has 1 aromatic carbocycles. The van der Waals surface area contributed by atoms with E-state index in [1.54, 1.807) is 12.1 Å². The van der Waals surface area contributed by atoms with E-state index in [0.29, 0.717) is 5.56 Å². The van der Waals surface area contributed by atoms with Gasteiger partial charge in [0.1, 0.15) is 5.82 Å². The monoisotopic (exact) mass is 351 g/mol. The van der Waals surface area contributed by atoms with E-state index < -0.39 is 5.97 Å². The Labute approximate surface area is 151 Å². The summed E-state index contributed by atoms with van der Waals surface area (Å²) < 4.78 is 0. The molecule has 1 fully saturated rings. The van der Waals surface area contributed by atoms with Crippen LogP contribution < -0.4 is 0 Å². The third-order valence-electron chi connectivity index (χ3n) is 5.32. The summed E-state index contributed by atoms with van der Waals surface area (Å²) in [7, 11) is 0. The van der Waals surface area contributed by atoms with Crippen molar-refractivity contribution in [2.45, 2.75) is 51.1 Å². The van der Waals surface area contributed by atoms with Gasteiger partial charge in [0.05, 0.1) is 17.3 Å². The lowest BCUT2D eigenvalue weighted by atomic mass is 9.97. The molecule has 2 aromatic rings. The quantitative estimate of drug-likeness (QED) is 0.918. The van der Waals surface area contributed by atoms with Crippen LogP contribution in [0, 0.1) is 0 Å². The minimum Gasteiger partial charge on any atom is -0.478 e. The molecule has 1 aromatic heterocycles. The van der Waals surface area contributed by atoms with Gasteiger partial charge in [-0.3, -0.25) is 4.79 Å². The number of benzene rings is 1. The Bertz CT molecular complexity index is 894. The number of carbonyl (C=O) groups excluding carboxylic acids is 1.